The molecule has 4 heteroatoms. The lowest BCUT2D eigenvalue weighted by atomic mass is 10.0. The predicted molar refractivity (Wildman–Crippen MR) is 125 cm³/mol. The molecular weight excluding hydrogens is 388 g/mol. The van der Waals surface area contributed by atoms with Crippen LogP contribution in [0.25, 0.3) is 32.2 Å². The van der Waals surface area contributed by atoms with Crippen molar-refractivity contribution in [3.8, 4) is 10.4 Å². The number of benzene rings is 3. The van der Waals surface area contributed by atoms with Gasteiger partial charge in [-0.05, 0) is 72.3 Å². The summed E-state index contributed by atoms with van der Waals surface area (Å²) in [6, 6.07) is 24.1. The maximum Gasteiger partial charge on any atom is 0.249 e. The van der Waals surface area contributed by atoms with Crippen molar-refractivity contribution in [2.75, 3.05) is 0 Å². The maximum atomic E-state index is 12.2. The third-order valence-corrected chi connectivity index (χ3v) is 6.62. The van der Waals surface area contributed by atoms with E-state index in [1.807, 2.05) is 12.1 Å². The van der Waals surface area contributed by atoms with Gasteiger partial charge in [-0.2, -0.15) is 0 Å². The minimum absolute atomic E-state index is 0.415. The minimum atomic E-state index is -0.415. The first-order chi connectivity index (χ1) is 14.5. The Morgan fingerprint density at radius 1 is 1.07 bits per heavy atom. The summed E-state index contributed by atoms with van der Waals surface area (Å²) in [6.45, 7) is 4.97. The molecule has 3 aromatic carbocycles. The molecule has 1 radical (unpaired) electrons. The predicted octanol–water partition coefficient (Wildman–Crippen LogP) is 6.09. The number of fused-ring (bicyclic) bond motifs is 3. The summed E-state index contributed by atoms with van der Waals surface area (Å²) in [4.78, 5) is 13.4. The van der Waals surface area contributed by atoms with Gasteiger partial charge in [-0.3, -0.25) is 4.79 Å². The number of rotatable bonds is 4. The third-order valence-electron chi connectivity index (χ3n) is 5.70. The normalized spacial score (nSPS) is 11.4. The fraction of sp³-hybridized carbons (Fsp3) is 0.115. The molecule has 0 aliphatic carbocycles. The summed E-state index contributed by atoms with van der Waals surface area (Å²) in [5.41, 5.74) is 13.2. The molecule has 0 spiro atoms. The largest absolute Gasteiger partial charge is 0.366 e. The molecule has 0 aliphatic heterocycles. The lowest BCUT2D eigenvalue weighted by Gasteiger charge is -2.12. The zero-order valence-electron chi connectivity index (χ0n) is 16.9. The third kappa shape index (κ3) is 3.01. The second kappa shape index (κ2) is 7.15. The van der Waals surface area contributed by atoms with Crippen molar-refractivity contribution in [1.82, 2.24) is 4.57 Å². The molecule has 1 amide bonds. The molecule has 0 bridgehead atoms. The van der Waals surface area contributed by atoms with Gasteiger partial charge in [0.2, 0.25) is 5.91 Å². The number of primary amides is 1. The van der Waals surface area contributed by atoms with Crippen LogP contribution in [0.4, 0.5) is 0 Å². The number of hydrogen-bond donors (Lipinski definition) is 1. The molecule has 147 valence electrons. The van der Waals surface area contributed by atoms with Crippen LogP contribution in [-0.4, -0.2) is 10.5 Å². The number of aryl methyl sites for hydroxylation is 2. The Hall–Kier alpha value is -3.37. The number of hydrogen-bond acceptors (Lipinski definition) is 2. The Morgan fingerprint density at radius 3 is 2.70 bits per heavy atom. The monoisotopic (exact) mass is 409 g/mol. The summed E-state index contributed by atoms with van der Waals surface area (Å²) < 4.78 is 2.28. The molecule has 0 aliphatic rings. The Morgan fingerprint density at radius 2 is 1.93 bits per heavy atom. The molecule has 5 aromatic rings. The van der Waals surface area contributed by atoms with Crippen LogP contribution < -0.4 is 5.73 Å². The van der Waals surface area contributed by atoms with Gasteiger partial charge in [0.15, 0.2) is 0 Å². The highest BCUT2D eigenvalue weighted by Crippen LogP contribution is 2.35. The molecule has 2 heterocycles. The van der Waals surface area contributed by atoms with Crippen LogP contribution in [-0.2, 0) is 6.54 Å². The summed E-state index contributed by atoms with van der Waals surface area (Å²) in [5, 5.41) is 3.89. The van der Waals surface area contributed by atoms with Gasteiger partial charge >= 0.3 is 0 Å². The van der Waals surface area contributed by atoms with Crippen molar-refractivity contribution in [1.29, 1.82) is 0 Å². The highest BCUT2D eigenvalue weighted by atomic mass is 32.1. The standard InChI is InChI=1S/C26H21N2OS/c1-16-8-9-17(2)19(13-16)15-28-22-6-3-5-21(26(27)29)25(22)20-11-10-18(14-23(20)28)24-7-4-12-30-24/h3-10,12-14H,15H2,1-2H3,(H2,27,29). The van der Waals surface area contributed by atoms with Gasteiger partial charge < -0.3 is 10.3 Å². The van der Waals surface area contributed by atoms with Gasteiger partial charge in [-0.15, -0.1) is 11.3 Å². The van der Waals surface area contributed by atoms with Crippen LogP contribution >= 0.6 is 11.3 Å². The van der Waals surface area contributed by atoms with Gasteiger partial charge in [0.1, 0.15) is 0 Å². The number of carbonyl (C=O) groups is 1. The van der Waals surface area contributed by atoms with E-state index in [-0.39, 0.29) is 0 Å². The van der Waals surface area contributed by atoms with Crippen molar-refractivity contribution in [2.45, 2.75) is 20.4 Å². The van der Waals surface area contributed by atoms with Crippen molar-refractivity contribution in [3.05, 3.63) is 94.4 Å². The van der Waals surface area contributed by atoms with E-state index >= 15 is 0 Å². The fourth-order valence-electron chi connectivity index (χ4n) is 4.16. The van der Waals surface area contributed by atoms with Crippen molar-refractivity contribution < 1.29 is 4.79 Å². The van der Waals surface area contributed by atoms with Crippen molar-refractivity contribution >= 4 is 39.0 Å². The highest BCUT2D eigenvalue weighted by Gasteiger charge is 2.18. The smallest absolute Gasteiger partial charge is 0.249 e. The number of carbonyl (C=O) groups excluding carboxylic acids is 1. The number of nitrogens with zero attached hydrogens (tertiary/aromatic N) is 1. The van der Waals surface area contributed by atoms with Gasteiger partial charge in [-0.1, -0.05) is 35.9 Å². The summed E-state index contributed by atoms with van der Waals surface area (Å²) in [7, 11) is 0. The number of aromatic nitrogens is 1. The zero-order valence-corrected chi connectivity index (χ0v) is 17.7. The quantitative estimate of drug-likeness (QED) is 0.384. The molecule has 3 nitrogen and oxygen atoms in total. The van der Waals surface area contributed by atoms with Gasteiger partial charge in [0.25, 0.3) is 0 Å². The van der Waals surface area contributed by atoms with Crippen LogP contribution in [0.2, 0.25) is 0 Å². The van der Waals surface area contributed by atoms with E-state index in [0.29, 0.717) is 5.56 Å². The Balaban J connectivity index is 1.83. The lowest BCUT2D eigenvalue weighted by Crippen LogP contribution is -2.11. The fourth-order valence-corrected chi connectivity index (χ4v) is 4.87. The van der Waals surface area contributed by atoms with Crippen LogP contribution in [0, 0.1) is 19.9 Å². The molecule has 5 rings (SSSR count). The van der Waals surface area contributed by atoms with Gasteiger partial charge in [0, 0.05) is 27.8 Å². The first-order valence-electron chi connectivity index (χ1n) is 9.89. The topological polar surface area (TPSA) is 48.0 Å². The molecule has 0 atom stereocenters. The van der Waals surface area contributed by atoms with Crippen LogP contribution in [0.5, 0.6) is 0 Å². The molecule has 2 aromatic heterocycles. The van der Waals surface area contributed by atoms with E-state index in [2.05, 4.69) is 72.3 Å². The summed E-state index contributed by atoms with van der Waals surface area (Å²) >= 11 is 1.71. The van der Waals surface area contributed by atoms with Gasteiger partial charge in [-0.25, -0.2) is 0 Å². The molecular formula is C26H21N2OS. The second-order valence-corrected chi connectivity index (χ2v) is 8.65. The molecule has 30 heavy (non-hydrogen) atoms. The van der Waals surface area contributed by atoms with Crippen LogP contribution in [0.15, 0.2) is 66.0 Å². The minimum Gasteiger partial charge on any atom is -0.366 e. The summed E-state index contributed by atoms with van der Waals surface area (Å²) in [6.07, 6.45) is 0. The Kier molecular flexibility index (Phi) is 4.44. The molecule has 0 unspecified atom stereocenters. The Labute approximate surface area is 179 Å². The first-order valence-corrected chi connectivity index (χ1v) is 10.8. The molecule has 0 saturated heterocycles. The van der Waals surface area contributed by atoms with Gasteiger partial charge in [0.05, 0.1) is 11.0 Å². The number of amides is 1. The first kappa shape index (κ1) is 18.6. The molecule has 0 saturated carbocycles. The highest BCUT2D eigenvalue weighted by molar-refractivity contribution is 7.13. The van der Waals surface area contributed by atoms with E-state index in [4.69, 9.17) is 5.73 Å². The van der Waals surface area contributed by atoms with Crippen molar-refractivity contribution in [3.63, 3.8) is 0 Å². The van der Waals surface area contributed by atoms with E-state index in [1.54, 1.807) is 17.4 Å². The summed E-state index contributed by atoms with van der Waals surface area (Å²) in [5.74, 6) is -0.415. The van der Waals surface area contributed by atoms with E-state index in [0.717, 1.165) is 33.9 Å². The van der Waals surface area contributed by atoms with E-state index in [1.165, 1.54) is 21.6 Å². The second-order valence-electron chi connectivity index (χ2n) is 7.71. The number of nitrogens with two attached hydrogens (primary N) is 1. The number of thiophene rings is 1. The maximum absolute atomic E-state index is 12.2. The molecule has 0 fully saturated rings. The SMILES string of the molecule is Cc1ccc(C)c(Cn2c3cc(-c4cccs4)c[c]c3c3c(C(N)=O)cccc32)c1. The Bertz CT molecular complexity index is 1410. The van der Waals surface area contributed by atoms with Crippen LogP contribution in [0.3, 0.4) is 0 Å². The van der Waals surface area contributed by atoms with Crippen LogP contribution in [0.1, 0.15) is 27.0 Å². The average Bonchev–Trinajstić information content (AvgIpc) is 3.37. The van der Waals surface area contributed by atoms with E-state index < -0.39 is 5.91 Å². The zero-order chi connectivity index (χ0) is 20.8. The van der Waals surface area contributed by atoms with Crippen molar-refractivity contribution in [2.24, 2.45) is 5.73 Å². The molecule has 2 N–H and O–H groups in total. The lowest BCUT2D eigenvalue weighted by molar-refractivity contribution is 0.100. The van der Waals surface area contributed by atoms with E-state index in [9.17, 15) is 4.79 Å². The average molecular weight is 410 g/mol.